The van der Waals surface area contributed by atoms with E-state index in [1.165, 1.54) is 51.4 Å². The summed E-state index contributed by atoms with van der Waals surface area (Å²) in [6, 6.07) is 0. The summed E-state index contributed by atoms with van der Waals surface area (Å²) in [7, 11) is 0. The predicted molar refractivity (Wildman–Crippen MR) is 186 cm³/mol. The lowest BCUT2D eigenvalue weighted by Gasteiger charge is -2.21. The van der Waals surface area contributed by atoms with Gasteiger partial charge in [0.1, 0.15) is 12.2 Å². The van der Waals surface area contributed by atoms with Crippen LogP contribution in [-0.4, -0.2) is 60.4 Å². The van der Waals surface area contributed by atoms with Crippen LogP contribution in [-0.2, 0) is 19.1 Å². The second kappa shape index (κ2) is 33.2. The van der Waals surface area contributed by atoms with Crippen LogP contribution in [0.3, 0.4) is 0 Å². The van der Waals surface area contributed by atoms with Crippen molar-refractivity contribution in [1.29, 1.82) is 0 Å². The van der Waals surface area contributed by atoms with Crippen molar-refractivity contribution in [3.05, 3.63) is 0 Å². The highest BCUT2D eigenvalue weighted by Gasteiger charge is 2.15. The summed E-state index contributed by atoms with van der Waals surface area (Å²) in [6.45, 7) is 11.7. The summed E-state index contributed by atoms with van der Waals surface area (Å²) >= 11 is 0. The SMILES string of the molecule is CCCCCCC(CCCCC)OC(=O)CCCCCCCN(CCO)CCCCCC(=O)OC(CCCC)CCCCC. The van der Waals surface area contributed by atoms with Crippen molar-refractivity contribution < 1.29 is 24.2 Å². The maximum absolute atomic E-state index is 12.5. The lowest BCUT2D eigenvalue weighted by Crippen LogP contribution is -2.29. The molecule has 0 spiro atoms. The quantitative estimate of drug-likeness (QED) is 0.0566. The highest BCUT2D eigenvalue weighted by atomic mass is 16.5. The smallest absolute Gasteiger partial charge is 0.306 e. The van der Waals surface area contributed by atoms with E-state index in [2.05, 4.69) is 32.6 Å². The zero-order valence-electron chi connectivity index (χ0n) is 29.9. The average Bonchev–Trinajstić information content (AvgIpc) is 3.01. The Kier molecular flexibility index (Phi) is 32.4. The highest BCUT2D eigenvalue weighted by molar-refractivity contribution is 5.69. The standard InChI is InChI=1S/C38H75NO5/c1-5-9-13-20-28-36(27-19-11-7-3)44-37(41)29-21-15-14-16-23-31-39(33-34-40)32-24-17-22-30-38(42)43-35(25-12-8-4)26-18-10-6-2/h35-36,40H,5-34H2,1-4H3. The molecule has 0 aliphatic carbocycles. The van der Waals surface area contributed by atoms with E-state index in [0.717, 1.165) is 116 Å². The van der Waals surface area contributed by atoms with E-state index < -0.39 is 0 Å². The number of hydrogen-bond acceptors (Lipinski definition) is 6. The zero-order valence-corrected chi connectivity index (χ0v) is 29.9. The number of unbranched alkanes of at least 4 members (excludes halogenated alkanes) is 14. The summed E-state index contributed by atoms with van der Waals surface area (Å²) < 4.78 is 11.7. The van der Waals surface area contributed by atoms with Gasteiger partial charge in [0.15, 0.2) is 0 Å². The molecule has 0 saturated carbocycles. The molecular formula is C38H75NO5. The van der Waals surface area contributed by atoms with Gasteiger partial charge in [-0.25, -0.2) is 0 Å². The van der Waals surface area contributed by atoms with E-state index in [1.54, 1.807) is 0 Å². The first-order valence-corrected chi connectivity index (χ1v) is 19.2. The van der Waals surface area contributed by atoms with E-state index in [-0.39, 0.29) is 30.8 Å². The van der Waals surface area contributed by atoms with Gasteiger partial charge in [-0.15, -0.1) is 0 Å². The van der Waals surface area contributed by atoms with Gasteiger partial charge in [-0.3, -0.25) is 9.59 Å². The minimum absolute atomic E-state index is 0.00680. The van der Waals surface area contributed by atoms with Gasteiger partial charge in [-0.2, -0.15) is 0 Å². The van der Waals surface area contributed by atoms with Crippen molar-refractivity contribution in [2.24, 2.45) is 0 Å². The van der Waals surface area contributed by atoms with Gasteiger partial charge in [-0.1, -0.05) is 111 Å². The molecule has 0 radical (unpaired) electrons. The van der Waals surface area contributed by atoms with Gasteiger partial charge in [-0.05, 0) is 83.7 Å². The third kappa shape index (κ3) is 28.3. The monoisotopic (exact) mass is 626 g/mol. The molecule has 2 atom stereocenters. The lowest BCUT2D eigenvalue weighted by atomic mass is 10.0. The van der Waals surface area contributed by atoms with E-state index in [0.29, 0.717) is 19.4 Å². The zero-order chi connectivity index (χ0) is 32.5. The molecule has 262 valence electrons. The van der Waals surface area contributed by atoms with Crippen LogP contribution in [0.15, 0.2) is 0 Å². The van der Waals surface area contributed by atoms with Gasteiger partial charge < -0.3 is 19.5 Å². The van der Waals surface area contributed by atoms with Crippen LogP contribution in [0, 0.1) is 0 Å². The van der Waals surface area contributed by atoms with Crippen LogP contribution in [0.2, 0.25) is 0 Å². The molecule has 0 aliphatic rings. The molecule has 0 aliphatic heterocycles. The first-order chi connectivity index (χ1) is 21.5. The Morgan fingerprint density at radius 2 is 0.841 bits per heavy atom. The van der Waals surface area contributed by atoms with Crippen LogP contribution in [0.1, 0.15) is 195 Å². The topological polar surface area (TPSA) is 76.1 Å². The molecule has 0 saturated heterocycles. The molecule has 0 aromatic rings. The number of aliphatic hydroxyl groups excluding tert-OH is 1. The summed E-state index contributed by atoms with van der Waals surface area (Å²) in [4.78, 5) is 27.2. The first kappa shape index (κ1) is 42.9. The van der Waals surface area contributed by atoms with Gasteiger partial charge >= 0.3 is 11.9 Å². The normalized spacial score (nSPS) is 12.9. The molecule has 0 bridgehead atoms. The molecule has 0 fully saturated rings. The summed E-state index contributed by atoms with van der Waals surface area (Å²) in [5.74, 6) is -0.0371. The van der Waals surface area contributed by atoms with E-state index in [1.807, 2.05) is 0 Å². The summed E-state index contributed by atoms with van der Waals surface area (Å²) in [5.41, 5.74) is 0. The van der Waals surface area contributed by atoms with Crippen molar-refractivity contribution in [3.8, 4) is 0 Å². The fraction of sp³-hybridized carbons (Fsp3) is 0.947. The lowest BCUT2D eigenvalue weighted by molar-refractivity contribution is -0.151. The Morgan fingerprint density at radius 1 is 0.477 bits per heavy atom. The predicted octanol–water partition coefficient (Wildman–Crippen LogP) is 10.3. The minimum atomic E-state index is -0.0303. The van der Waals surface area contributed by atoms with Gasteiger partial charge in [0, 0.05) is 19.4 Å². The summed E-state index contributed by atoms with van der Waals surface area (Å²) in [6.07, 6.45) is 27.9. The summed E-state index contributed by atoms with van der Waals surface area (Å²) in [5, 5.41) is 9.51. The van der Waals surface area contributed by atoms with Crippen molar-refractivity contribution in [2.45, 2.75) is 207 Å². The van der Waals surface area contributed by atoms with Crippen LogP contribution < -0.4 is 0 Å². The van der Waals surface area contributed by atoms with Gasteiger partial charge in [0.25, 0.3) is 0 Å². The number of ether oxygens (including phenoxy) is 2. The number of esters is 2. The molecule has 0 aromatic heterocycles. The molecule has 0 aromatic carbocycles. The fourth-order valence-corrected chi connectivity index (χ4v) is 5.88. The van der Waals surface area contributed by atoms with Crippen LogP contribution in [0.4, 0.5) is 0 Å². The van der Waals surface area contributed by atoms with E-state index in [4.69, 9.17) is 9.47 Å². The van der Waals surface area contributed by atoms with Crippen molar-refractivity contribution >= 4 is 11.9 Å². The third-order valence-corrected chi connectivity index (χ3v) is 8.74. The molecule has 0 amide bonds. The molecule has 2 unspecified atom stereocenters. The van der Waals surface area contributed by atoms with Gasteiger partial charge in [0.05, 0.1) is 6.61 Å². The molecule has 0 heterocycles. The van der Waals surface area contributed by atoms with Crippen molar-refractivity contribution in [1.82, 2.24) is 4.90 Å². The Balaban J connectivity index is 4.06. The van der Waals surface area contributed by atoms with Gasteiger partial charge in [0.2, 0.25) is 0 Å². The van der Waals surface area contributed by atoms with E-state index >= 15 is 0 Å². The van der Waals surface area contributed by atoms with E-state index in [9.17, 15) is 14.7 Å². The number of carbonyl (C=O) groups is 2. The molecule has 6 nitrogen and oxygen atoms in total. The van der Waals surface area contributed by atoms with Crippen LogP contribution in [0.5, 0.6) is 0 Å². The Hall–Kier alpha value is -1.14. The second-order valence-corrected chi connectivity index (χ2v) is 13.1. The number of carbonyl (C=O) groups excluding carboxylic acids is 2. The molecule has 0 rings (SSSR count). The maximum Gasteiger partial charge on any atom is 0.306 e. The third-order valence-electron chi connectivity index (χ3n) is 8.74. The number of nitrogens with zero attached hydrogens (tertiary/aromatic N) is 1. The Bertz CT molecular complexity index is 628. The maximum atomic E-state index is 12.5. The molecule has 1 N–H and O–H groups in total. The second-order valence-electron chi connectivity index (χ2n) is 13.1. The number of aliphatic hydroxyl groups is 1. The molecule has 44 heavy (non-hydrogen) atoms. The van der Waals surface area contributed by atoms with Crippen LogP contribution in [0.25, 0.3) is 0 Å². The number of rotatable bonds is 34. The largest absolute Gasteiger partial charge is 0.462 e. The first-order valence-electron chi connectivity index (χ1n) is 19.2. The Morgan fingerprint density at radius 3 is 1.32 bits per heavy atom. The van der Waals surface area contributed by atoms with Crippen molar-refractivity contribution in [3.63, 3.8) is 0 Å². The minimum Gasteiger partial charge on any atom is -0.462 e. The van der Waals surface area contributed by atoms with Crippen LogP contribution >= 0.6 is 0 Å². The number of hydrogen-bond donors (Lipinski definition) is 1. The molecular weight excluding hydrogens is 550 g/mol. The highest BCUT2D eigenvalue weighted by Crippen LogP contribution is 2.18. The molecule has 6 heteroatoms. The average molecular weight is 626 g/mol. The fourth-order valence-electron chi connectivity index (χ4n) is 5.88. The van der Waals surface area contributed by atoms with Crippen molar-refractivity contribution in [2.75, 3.05) is 26.2 Å². The Labute approximate surface area is 273 Å².